The van der Waals surface area contributed by atoms with Gasteiger partial charge >= 0.3 is 11.7 Å². The summed E-state index contributed by atoms with van der Waals surface area (Å²) < 4.78 is 44.9. The fraction of sp³-hybridized carbons (Fsp3) is 0.650. The van der Waals surface area contributed by atoms with Gasteiger partial charge in [-0.15, -0.1) is 0 Å². The van der Waals surface area contributed by atoms with E-state index in [1.165, 1.54) is 4.90 Å². The number of hydrogen-bond acceptors (Lipinski definition) is 11. The molecule has 2 aliphatic heterocycles. The van der Waals surface area contributed by atoms with E-state index in [9.17, 15) is 32.4 Å². The molecule has 57 heavy (non-hydrogen) atoms. The van der Waals surface area contributed by atoms with Crippen LogP contribution in [0.15, 0.2) is 35.1 Å². The number of amides is 4. The number of aromatic amines is 1. The van der Waals surface area contributed by atoms with Gasteiger partial charge in [0, 0.05) is 18.4 Å². The molecule has 3 fully saturated rings. The summed E-state index contributed by atoms with van der Waals surface area (Å²) in [5, 5.41) is 5.67. The SMILES string of the molecule is CCOc1ccc2[nH]c(=O)c(O[C@@H]3C[C@H]4C(=O)N[C@]5(C(=O)NS(=O)(=O)C6(C)CC6)C[C@H]5/C=C\CC[C@@H](C)C[C@@H](CC)[C@H](NC(=O)OC(C)(C)C)C(=O)N4C3)nc2c1. The molecule has 1 aromatic carbocycles. The predicted molar refractivity (Wildman–Crippen MR) is 211 cm³/mol. The summed E-state index contributed by atoms with van der Waals surface area (Å²) in [7, 11) is -4.03. The van der Waals surface area contributed by atoms with Crippen molar-refractivity contribution < 1.29 is 41.8 Å². The Bertz CT molecular complexity index is 2090. The Balaban J connectivity index is 1.36. The van der Waals surface area contributed by atoms with Gasteiger partial charge in [-0.25, -0.2) is 18.2 Å². The largest absolute Gasteiger partial charge is 0.494 e. The number of ether oxygens (including phenoxy) is 3. The molecule has 16 nitrogen and oxygen atoms in total. The molecule has 7 atom stereocenters. The third-order valence-electron chi connectivity index (χ3n) is 11.5. The normalized spacial score (nSPS) is 29.4. The summed E-state index contributed by atoms with van der Waals surface area (Å²) in [5.74, 6) is -2.55. The summed E-state index contributed by atoms with van der Waals surface area (Å²) in [6, 6.07) is 2.69. The van der Waals surface area contributed by atoms with E-state index >= 15 is 0 Å². The van der Waals surface area contributed by atoms with Crippen molar-refractivity contribution in [3.05, 3.63) is 40.7 Å². The number of fused-ring (bicyclic) bond motifs is 3. The zero-order chi connectivity index (χ0) is 41.5. The van der Waals surface area contributed by atoms with Gasteiger partial charge in [-0.05, 0) is 97.1 Å². The van der Waals surface area contributed by atoms with Gasteiger partial charge in [-0.3, -0.25) is 23.9 Å². The molecule has 2 aromatic rings. The van der Waals surface area contributed by atoms with Gasteiger partial charge in [-0.1, -0.05) is 32.4 Å². The highest BCUT2D eigenvalue weighted by atomic mass is 32.2. The van der Waals surface area contributed by atoms with Crippen LogP contribution in [0.1, 0.15) is 99.8 Å². The molecule has 4 aliphatic rings. The number of carbonyl (C=O) groups is 4. The number of H-pyrrole nitrogens is 1. The van der Waals surface area contributed by atoms with Crippen LogP contribution < -0.4 is 30.4 Å². The van der Waals surface area contributed by atoms with Crippen molar-refractivity contribution in [2.24, 2.45) is 17.8 Å². The number of rotatable bonds is 9. The molecule has 0 radical (unpaired) electrons. The fourth-order valence-electron chi connectivity index (χ4n) is 7.79. The van der Waals surface area contributed by atoms with E-state index in [0.717, 1.165) is 6.42 Å². The number of benzene rings is 1. The topological polar surface area (TPSA) is 215 Å². The standard InChI is InChI=1S/C40H56N6O10S/c1-8-24-18-23(3)12-10-11-13-25-21-40(25,36(50)45-57(52,53)39(7)16-17-39)44-32(47)30-20-27(22-46(30)35(49)31(24)43-37(51)56-38(4,5)6)55-34-33(48)41-28-15-14-26(54-9-2)19-29(28)42-34/h11,13-15,19,23-25,27,30-31H,8-10,12,16-18,20-22H2,1-7H3,(H,41,48)(H,43,51)(H,44,47)(H,45,50)/b13-11-/t23-,24-,25-,27-,30+,31+,40-/m1/s1. The van der Waals surface area contributed by atoms with Gasteiger partial charge in [0.2, 0.25) is 21.8 Å². The second kappa shape index (κ2) is 15.9. The Morgan fingerprint density at radius 3 is 2.51 bits per heavy atom. The van der Waals surface area contributed by atoms with Crippen LogP contribution in [0.25, 0.3) is 11.0 Å². The molecule has 4 N–H and O–H groups in total. The van der Waals surface area contributed by atoms with Gasteiger partial charge in [0.05, 0.1) is 28.9 Å². The van der Waals surface area contributed by atoms with Crippen molar-refractivity contribution in [3.8, 4) is 11.6 Å². The summed E-state index contributed by atoms with van der Waals surface area (Å²) in [6.45, 7) is 12.8. The van der Waals surface area contributed by atoms with E-state index in [-0.39, 0.29) is 37.1 Å². The van der Waals surface area contributed by atoms with Crippen LogP contribution in [0.5, 0.6) is 11.6 Å². The first-order valence-electron chi connectivity index (χ1n) is 20.0. The molecule has 1 aromatic heterocycles. The number of sulfonamides is 1. The molecule has 0 spiro atoms. The Labute approximate surface area is 333 Å². The fourth-order valence-corrected chi connectivity index (χ4v) is 9.10. The molecule has 2 saturated carbocycles. The first-order valence-corrected chi connectivity index (χ1v) is 21.5. The minimum absolute atomic E-state index is 0.101. The van der Waals surface area contributed by atoms with Gasteiger partial charge in [0.25, 0.3) is 11.8 Å². The number of carbonyl (C=O) groups excluding carboxylic acids is 4. The molecule has 17 heteroatoms. The molecule has 6 rings (SSSR count). The van der Waals surface area contributed by atoms with Crippen LogP contribution in [0.2, 0.25) is 0 Å². The van der Waals surface area contributed by atoms with E-state index in [4.69, 9.17) is 14.2 Å². The zero-order valence-electron chi connectivity index (χ0n) is 33.8. The van der Waals surface area contributed by atoms with Gasteiger partial charge in [-0.2, -0.15) is 0 Å². The van der Waals surface area contributed by atoms with E-state index in [1.54, 1.807) is 45.9 Å². The maximum absolute atomic E-state index is 14.9. The number of hydrogen-bond donors (Lipinski definition) is 4. The van der Waals surface area contributed by atoms with Crippen LogP contribution in [0.3, 0.4) is 0 Å². The average Bonchev–Trinajstić information content (AvgIpc) is 4.01. The molecule has 312 valence electrons. The van der Waals surface area contributed by atoms with Gasteiger partial charge in [0.15, 0.2) is 0 Å². The number of allylic oxidation sites excluding steroid dienone is 1. The van der Waals surface area contributed by atoms with Crippen molar-refractivity contribution >= 4 is 44.9 Å². The van der Waals surface area contributed by atoms with E-state index in [0.29, 0.717) is 55.5 Å². The quantitative estimate of drug-likeness (QED) is 0.267. The minimum atomic E-state index is -4.03. The Kier molecular flexibility index (Phi) is 11.7. The Morgan fingerprint density at radius 1 is 1.11 bits per heavy atom. The highest BCUT2D eigenvalue weighted by molar-refractivity contribution is 7.91. The first kappa shape index (κ1) is 41.9. The van der Waals surface area contributed by atoms with E-state index in [2.05, 4.69) is 32.2 Å². The van der Waals surface area contributed by atoms with Crippen molar-refractivity contribution in [2.45, 2.75) is 134 Å². The Morgan fingerprint density at radius 2 is 1.84 bits per heavy atom. The predicted octanol–water partition coefficient (Wildman–Crippen LogP) is 3.84. The van der Waals surface area contributed by atoms with E-state index < -0.39 is 79.4 Å². The lowest BCUT2D eigenvalue weighted by molar-refractivity contribution is -0.142. The smallest absolute Gasteiger partial charge is 0.408 e. The zero-order valence-corrected chi connectivity index (χ0v) is 34.6. The van der Waals surface area contributed by atoms with Crippen molar-refractivity contribution in [1.82, 2.24) is 30.2 Å². The monoisotopic (exact) mass is 812 g/mol. The highest BCUT2D eigenvalue weighted by Gasteiger charge is 2.63. The molecule has 1 saturated heterocycles. The molecule has 3 heterocycles. The van der Waals surface area contributed by atoms with Gasteiger partial charge < -0.3 is 34.7 Å². The van der Waals surface area contributed by atoms with Crippen molar-refractivity contribution in [3.63, 3.8) is 0 Å². The Hall–Kier alpha value is -4.67. The second-order valence-corrected chi connectivity index (χ2v) is 19.5. The number of nitrogens with one attached hydrogen (secondary N) is 4. The first-order chi connectivity index (χ1) is 26.8. The molecular formula is C40H56N6O10S. The summed E-state index contributed by atoms with van der Waals surface area (Å²) >= 11 is 0. The lowest BCUT2D eigenvalue weighted by atomic mass is 9.85. The van der Waals surface area contributed by atoms with Crippen LogP contribution in [0.4, 0.5) is 4.79 Å². The molecule has 0 unspecified atom stereocenters. The molecule has 4 amide bonds. The number of alkyl carbamates (subject to hydrolysis) is 1. The summed E-state index contributed by atoms with van der Waals surface area (Å²) in [5.41, 5.74) is -2.21. The lowest BCUT2D eigenvalue weighted by Gasteiger charge is -2.34. The van der Waals surface area contributed by atoms with Crippen LogP contribution in [0, 0.1) is 17.8 Å². The van der Waals surface area contributed by atoms with E-state index in [1.807, 2.05) is 26.0 Å². The third-order valence-corrected chi connectivity index (χ3v) is 13.7. The number of aromatic nitrogens is 2. The molecule has 0 bridgehead atoms. The van der Waals surface area contributed by atoms with Crippen molar-refractivity contribution in [1.29, 1.82) is 0 Å². The minimum Gasteiger partial charge on any atom is -0.494 e. The van der Waals surface area contributed by atoms with Crippen molar-refractivity contribution in [2.75, 3.05) is 13.2 Å². The third kappa shape index (κ3) is 9.23. The summed E-state index contributed by atoms with van der Waals surface area (Å²) in [4.78, 5) is 78.4. The number of nitrogens with zero attached hydrogens (tertiary/aromatic N) is 2. The second-order valence-electron chi connectivity index (χ2n) is 17.3. The maximum Gasteiger partial charge on any atom is 0.408 e. The highest BCUT2D eigenvalue weighted by Crippen LogP contribution is 2.47. The molecular weight excluding hydrogens is 757 g/mol. The van der Waals surface area contributed by atoms with Crippen LogP contribution >= 0.6 is 0 Å². The molecule has 2 aliphatic carbocycles. The lowest BCUT2D eigenvalue weighted by Crippen LogP contribution is -2.59. The average molecular weight is 813 g/mol. The maximum atomic E-state index is 14.9. The summed E-state index contributed by atoms with van der Waals surface area (Å²) in [6.07, 6.45) is 5.46. The van der Waals surface area contributed by atoms with Gasteiger partial charge in [0.1, 0.15) is 35.1 Å². The van der Waals surface area contributed by atoms with Crippen LogP contribution in [-0.4, -0.2) is 94.3 Å². The van der Waals surface area contributed by atoms with Crippen LogP contribution in [-0.2, 0) is 29.1 Å².